The van der Waals surface area contributed by atoms with Crippen molar-refractivity contribution >= 4 is 21.8 Å². The molecule has 0 radical (unpaired) electrons. The second-order valence-corrected chi connectivity index (χ2v) is 6.86. The summed E-state index contributed by atoms with van der Waals surface area (Å²) in [6.45, 7) is -0.0274. The Bertz CT molecular complexity index is 426. The molecule has 0 atom stereocenters. The molecule has 2 amide bonds. The molecule has 0 unspecified atom stereocenters. The Morgan fingerprint density at radius 1 is 1.28 bits per heavy atom. The van der Waals surface area contributed by atoms with Crippen LogP contribution in [0, 0.1) is 0 Å². The third-order valence-corrected chi connectivity index (χ3v) is 3.92. The van der Waals surface area contributed by atoms with E-state index in [1.54, 1.807) is 0 Å². The first-order chi connectivity index (χ1) is 8.25. The summed E-state index contributed by atoms with van der Waals surface area (Å²) in [5.74, 6) is -1.21. The largest absolute Gasteiger partial charge is 0.480 e. The molecule has 0 aromatic carbocycles. The standard InChI is InChI=1S/C10H18N2O5S/c1-18(16,17)7-6-11-9(15)12-10(8(13)14)4-2-3-5-10/h2-7H2,1H3,(H,13,14)(H2,11,12,15). The summed E-state index contributed by atoms with van der Waals surface area (Å²) >= 11 is 0. The first-order valence-electron chi connectivity index (χ1n) is 5.72. The number of hydrogen-bond donors (Lipinski definition) is 3. The van der Waals surface area contributed by atoms with Crippen molar-refractivity contribution in [1.29, 1.82) is 0 Å². The highest BCUT2D eigenvalue weighted by molar-refractivity contribution is 7.90. The molecule has 8 heteroatoms. The molecule has 18 heavy (non-hydrogen) atoms. The Hall–Kier alpha value is -1.31. The van der Waals surface area contributed by atoms with Crippen molar-refractivity contribution in [3.8, 4) is 0 Å². The molecule has 3 N–H and O–H groups in total. The lowest BCUT2D eigenvalue weighted by atomic mass is 9.98. The number of sulfone groups is 1. The number of aliphatic carboxylic acids is 1. The van der Waals surface area contributed by atoms with Gasteiger partial charge in [0, 0.05) is 12.8 Å². The van der Waals surface area contributed by atoms with E-state index in [9.17, 15) is 18.0 Å². The smallest absolute Gasteiger partial charge is 0.329 e. The molecule has 0 heterocycles. The molecule has 0 bridgehead atoms. The number of carboxylic acids is 1. The number of hydrogen-bond acceptors (Lipinski definition) is 4. The highest BCUT2D eigenvalue weighted by atomic mass is 32.2. The second-order valence-electron chi connectivity index (χ2n) is 4.61. The highest BCUT2D eigenvalue weighted by Crippen LogP contribution is 2.29. The van der Waals surface area contributed by atoms with Gasteiger partial charge in [-0.05, 0) is 12.8 Å². The van der Waals surface area contributed by atoms with Crippen molar-refractivity contribution in [2.24, 2.45) is 0 Å². The van der Waals surface area contributed by atoms with Gasteiger partial charge in [0.1, 0.15) is 15.4 Å². The zero-order valence-corrected chi connectivity index (χ0v) is 11.0. The minimum atomic E-state index is -3.14. The van der Waals surface area contributed by atoms with Crippen LogP contribution >= 0.6 is 0 Å². The van der Waals surface area contributed by atoms with Crippen LogP contribution in [0.3, 0.4) is 0 Å². The molecule has 1 aliphatic rings. The summed E-state index contributed by atoms with van der Waals surface area (Å²) in [4.78, 5) is 22.7. The fraction of sp³-hybridized carbons (Fsp3) is 0.800. The molecule has 0 aliphatic heterocycles. The zero-order valence-electron chi connectivity index (χ0n) is 10.2. The number of nitrogens with one attached hydrogen (secondary N) is 2. The van der Waals surface area contributed by atoms with E-state index >= 15 is 0 Å². The summed E-state index contributed by atoms with van der Waals surface area (Å²) < 4.78 is 21.7. The maximum atomic E-state index is 11.5. The van der Waals surface area contributed by atoms with Gasteiger partial charge in [0.2, 0.25) is 0 Å². The number of carbonyl (C=O) groups excluding carboxylic acids is 1. The number of urea groups is 1. The molecular weight excluding hydrogens is 260 g/mol. The van der Waals surface area contributed by atoms with Crippen LogP contribution in [0.1, 0.15) is 25.7 Å². The third kappa shape index (κ3) is 4.17. The molecule has 7 nitrogen and oxygen atoms in total. The van der Waals surface area contributed by atoms with E-state index < -0.39 is 27.4 Å². The summed E-state index contributed by atoms with van der Waals surface area (Å²) in [6, 6.07) is -0.636. The number of rotatable bonds is 5. The number of amides is 2. The average molecular weight is 278 g/mol. The van der Waals surface area contributed by atoms with Crippen LogP contribution in [0.2, 0.25) is 0 Å². The zero-order chi connectivity index (χ0) is 13.8. The lowest BCUT2D eigenvalue weighted by Gasteiger charge is -2.25. The summed E-state index contributed by atoms with van der Waals surface area (Å²) in [6.07, 6.45) is 3.40. The van der Waals surface area contributed by atoms with Crippen molar-refractivity contribution in [2.45, 2.75) is 31.2 Å². The fourth-order valence-corrected chi connectivity index (χ4v) is 2.46. The minimum Gasteiger partial charge on any atom is -0.480 e. The van der Waals surface area contributed by atoms with Gasteiger partial charge >= 0.3 is 12.0 Å². The Morgan fingerprint density at radius 2 is 1.83 bits per heavy atom. The lowest BCUT2D eigenvalue weighted by Crippen LogP contribution is -2.55. The van der Waals surface area contributed by atoms with E-state index in [1.807, 2.05) is 0 Å². The number of carboxylic acid groups (broad SMARTS) is 1. The van der Waals surface area contributed by atoms with E-state index in [0.717, 1.165) is 19.1 Å². The van der Waals surface area contributed by atoms with Crippen molar-refractivity contribution in [3.63, 3.8) is 0 Å². The van der Waals surface area contributed by atoms with Gasteiger partial charge < -0.3 is 15.7 Å². The van der Waals surface area contributed by atoms with Gasteiger partial charge in [0.25, 0.3) is 0 Å². The Kier molecular flexibility index (Phi) is 4.55. The van der Waals surface area contributed by atoms with Crippen molar-refractivity contribution < 1.29 is 23.1 Å². The van der Waals surface area contributed by atoms with Crippen LogP contribution in [-0.4, -0.2) is 49.6 Å². The van der Waals surface area contributed by atoms with Crippen LogP contribution in [0.4, 0.5) is 4.79 Å². The SMILES string of the molecule is CS(=O)(=O)CCNC(=O)NC1(C(=O)O)CCCC1. The first kappa shape index (κ1) is 14.7. The molecule has 0 aromatic heterocycles. The van der Waals surface area contributed by atoms with Gasteiger partial charge in [-0.1, -0.05) is 12.8 Å². The van der Waals surface area contributed by atoms with Gasteiger partial charge in [-0.15, -0.1) is 0 Å². The van der Waals surface area contributed by atoms with Gasteiger partial charge in [0.15, 0.2) is 0 Å². The Labute approximate surface area is 106 Å². The average Bonchev–Trinajstić information content (AvgIpc) is 2.65. The van der Waals surface area contributed by atoms with Crippen molar-refractivity contribution in [2.75, 3.05) is 18.6 Å². The molecule has 1 aliphatic carbocycles. The molecule has 0 aromatic rings. The maximum Gasteiger partial charge on any atom is 0.329 e. The molecule has 104 valence electrons. The van der Waals surface area contributed by atoms with E-state index in [2.05, 4.69) is 10.6 Å². The second kappa shape index (κ2) is 5.55. The van der Waals surface area contributed by atoms with E-state index in [-0.39, 0.29) is 12.3 Å². The quantitative estimate of drug-likeness (QED) is 0.640. The van der Waals surface area contributed by atoms with Crippen LogP contribution in [0.5, 0.6) is 0 Å². The predicted molar refractivity (Wildman–Crippen MR) is 65.1 cm³/mol. The summed E-state index contributed by atoms with van der Waals surface area (Å²) in [7, 11) is -3.14. The van der Waals surface area contributed by atoms with Gasteiger partial charge in [-0.2, -0.15) is 0 Å². The van der Waals surface area contributed by atoms with Gasteiger partial charge in [-0.3, -0.25) is 0 Å². The molecular formula is C10H18N2O5S. The van der Waals surface area contributed by atoms with E-state index in [0.29, 0.717) is 12.8 Å². The first-order valence-corrected chi connectivity index (χ1v) is 7.78. The number of carbonyl (C=O) groups is 2. The van der Waals surface area contributed by atoms with Crippen molar-refractivity contribution in [1.82, 2.24) is 10.6 Å². The van der Waals surface area contributed by atoms with Gasteiger partial charge in [0.05, 0.1) is 5.75 Å². The maximum absolute atomic E-state index is 11.5. The Morgan fingerprint density at radius 3 is 2.28 bits per heavy atom. The minimum absolute atomic E-state index is 0.0274. The molecule has 1 saturated carbocycles. The normalized spacial score (nSPS) is 18.3. The van der Waals surface area contributed by atoms with E-state index in [4.69, 9.17) is 5.11 Å². The topological polar surface area (TPSA) is 113 Å². The Balaban J connectivity index is 2.46. The highest BCUT2D eigenvalue weighted by Gasteiger charge is 2.42. The molecule has 1 fully saturated rings. The monoisotopic (exact) mass is 278 g/mol. The van der Waals surface area contributed by atoms with Crippen molar-refractivity contribution in [3.05, 3.63) is 0 Å². The lowest BCUT2D eigenvalue weighted by molar-refractivity contribution is -0.144. The fourth-order valence-electron chi connectivity index (χ4n) is 1.98. The van der Waals surface area contributed by atoms with Crippen LogP contribution in [-0.2, 0) is 14.6 Å². The molecule has 1 rings (SSSR count). The van der Waals surface area contributed by atoms with Crippen LogP contribution in [0.15, 0.2) is 0 Å². The van der Waals surface area contributed by atoms with Gasteiger partial charge in [-0.25, -0.2) is 18.0 Å². The molecule has 0 saturated heterocycles. The third-order valence-electron chi connectivity index (χ3n) is 2.98. The van der Waals surface area contributed by atoms with Crippen LogP contribution < -0.4 is 10.6 Å². The summed E-state index contributed by atoms with van der Waals surface area (Å²) in [5.41, 5.74) is -1.20. The summed E-state index contributed by atoms with van der Waals surface area (Å²) in [5, 5.41) is 13.9. The molecule has 0 spiro atoms. The predicted octanol–water partition coefficient (Wildman–Crippen LogP) is -0.272. The van der Waals surface area contributed by atoms with E-state index in [1.165, 1.54) is 0 Å². The van der Waals surface area contributed by atoms with Crippen LogP contribution in [0.25, 0.3) is 0 Å².